The maximum atomic E-state index is 12.7. The summed E-state index contributed by atoms with van der Waals surface area (Å²) >= 11 is 0. The molecular formula is C17H26N2O2. The molecule has 2 rings (SSSR count). The van der Waals surface area contributed by atoms with Crippen molar-refractivity contribution in [2.24, 2.45) is 11.8 Å². The number of hydrogen-bond donors (Lipinski definition) is 1. The summed E-state index contributed by atoms with van der Waals surface area (Å²) < 4.78 is 5.30. The van der Waals surface area contributed by atoms with E-state index in [4.69, 9.17) is 4.74 Å². The molecule has 4 nitrogen and oxygen atoms in total. The van der Waals surface area contributed by atoms with Gasteiger partial charge in [-0.05, 0) is 29.5 Å². The van der Waals surface area contributed by atoms with Gasteiger partial charge >= 0.3 is 0 Å². The Bertz CT molecular complexity index is 499. The highest BCUT2D eigenvalue weighted by Gasteiger charge is 2.41. The number of ether oxygens (including phenoxy) is 1. The van der Waals surface area contributed by atoms with E-state index in [1.165, 1.54) is 0 Å². The van der Waals surface area contributed by atoms with Crippen LogP contribution in [-0.2, 0) is 4.79 Å². The minimum atomic E-state index is -0.111. The molecule has 1 heterocycles. The Balaban J connectivity index is 2.31. The number of nitrogens with one attached hydrogen (secondary N) is 1. The number of carbonyl (C=O) groups is 1. The van der Waals surface area contributed by atoms with Crippen LogP contribution in [0, 0.1) is 11.8 Å². The van der Waals surface area contributed by atoms with E-state index in [2.05, 4.69) is 33.0 Å². The van der Waals surface area contributed by atoms with Crippen LogP contribution in [0.15, 0.2) is 24.3 Å². The lowest BCUT2D eigenvalue weighted by molar-refractivity contribution is -0.131. The van der Waals surface area contributed by atoms with E-state index in [0.717, 1.165) is 17.9 Å². The lowest BCUT2D eigenvalue weighted by atomic mass is 10.0. The van der Waals surface area contributed by atoms with Gasteiger partial charge in [-0.1, -0.05) is 39.8 Å². The van der Waals surface area contributed by atoms with E-state index in [1.807, 2.05) is 29.2 Å². The Hall–Kier alpha value is -1.55. The number of benzene rings is 1. The minimum absolute atomic E-state index is 0.0672. The van der Waals surface area contributed by atoms with Crippen molar-refractivity contribution in [3.8, 4) is 5.75 Å². The van der Waals surface area contributed by atoms with Crippen LogP contribution < -0.4 is 10.1 Å². The summed E-state index contributed by atoms with van der Waals surface area (Å²) in [6, 6.07) is 7.83. The third kappa shape index (κ3) is 3.38. The Morgan fingerprint density at radius 2 is 2.00 bits per heavy atom. The zero-order chi connectivity index (χ0) is 15.6. The maximum Gasteiger partial charge on any atom is 0.241 e. The van der Waals surface area contributed by atoms with E-state index in [1.54, 1.807) is 7.11 Å². The predicted molar refractivity (Wildman–Crippen MR) is 84.0 cm³/mol. The molecule has 1 aromatic rings. The van der Waals surface area contributed by atoms with Gasteiger partial charge in [-0.25, -0.2) is 0 Å². The summed E-state index contributed by atoms with van der Waals surface area (Å²) in [6.07, 6.45) is -0.0672. The molecule has 2 unspecified atom stereocenters. The molecule has 21 heavy (non-hydrogen) atoms. The van der Waals surface area contributed by atoms with Gasteiger partial charge in [0.1, 0.15) is 11.9 Å². The molecule has 1 saturated heterocycles. The van der Waals surface area contributed by atoms with Crippen LogP contribution in [0.25, 0.3) is 0 Å². The summed E-state index contributed by atoms with van der Waals surface area (Å²) in [5.41, 5.74) is 1.08. The summed E-state index contributed by atoms with van der Waals surface area (Å²) in [4.78, 5) is 14.6. The number of hydrogen-bond acceptors (Lipinski definition) is 3. The van der Waals surface area contributed by atoms with Crippen LogP contribution in [0.4, 0.5) is 0 Å². The first kappa shape index (κ1) is 15.8. The normalized spacial score (nSPS) is 22.4. The summed E-state index contributed by atoms with van der Waals surface area (Å²) in [5, 5.41) is 3.48. The monoisotopic (exact) mass is 290 g/mol. The van der Waals surface area contributed by atoms with Gasteiger partial charge in [-0.15, -0.1) is 0 Å². The molecular weight excluding hydrogens is 264 g/mol. The van der Waals surface area contributed by atoms with Gasteiger partial charge in [0.15, 0.2) is 0 Å². The van der Waals surface area contributed by atoms with Crippen LogP contribution >= 0.6 is 0 Å². The average molecular weight is 290 g/mol. The standard InChI is InChI=1S/C17H26N2O2/c1-11(2)10-19-16(18-15(12(3)4)17(19)20)13-7-6-8-14(9-13)21-5/h6-9,11-12,15-16,18H,10H2,1-5H3. The van der Waals surface area contributed by atoms with Crippen molar-refractivity contribution in [2.75, 3.05) is 13.7 Å². The minimum Gasteiger partial charge on any atom is -0.497 e. The summed E-state index contributed by atoms with van der Waals surface area (Å²) in [6.45, 7) is 9.20. The van der Waals surface area contributed by atoms with Gasteiger partial charge in [-0.3, -0.25) is 10.1 Å². The molecule has 0 saturated carbocycles. The zero-order valence-electron chi connectivity index (χ0n) is 13.6. The molecule has 4 heteroatoms. The summed E-state index contributed by atoms with van der Waals surface area (Å²) in [5.74, 6) is 1.74. The van der Waals surface area contributed by atoms with Gasteiger partial charge in [0.2, 0.25) is 5.91 Å². The van der Waals surface area contributed by atoms with Crippen molar-refractivity contribution in [3.63, 3.8) is 0 Å². The molecule has 1 N–H and O–H groups in total. The molecule has 0 aromatic heterocycles. The molecule has 0 aliphatic carbocycles. The zero-order valence-corrected chi connectivity index (χ0v) is 13.6. The van der Waals surface area contributed by atoms with E-state index in [0.29, 0.717) is 5.92 Å². The van der Waals surface area contributed by atoms with Crippen LogP contribution in [0.2, 0.25) is 0 Å². The number of rotatable bonds is 5. The molecule has 116 valence electrons. The fraction of sp³-hybridized carbons (Fsp3) is 0.588. The first-order valence-electron chi connectivity index (χ1n) is 7.64. The van der Waals surface area contributed by atoms with Gasteiger partial charge in [-0.2, -0.15) is 0 Å². The fourth-order valence-electron chi connectivity index (χ4n) is 2.79. The second-order valence-electron chi connectivity index (χ2n) is 6.45. The van der Waals surface area contributed by atoms with E-state index in [-0.39, 0.29) is 24.0 Å². The fourth-order valence-corrected chi connectivity index (χ4v) is 2.79. The second kappa shape index (κ2) is 6.48. The molecule has 1 aliphatic heterocycles. The van der Waals surface area contributed by atoms with Gasteiger partial charge in [0, 0.05) is 6.54 Å². The Morgan fingerprint density at radius 3 is 2.57 bits per heavy atom. The SMILES string of the molecule is COc1cccc(C2NC(C(C)C)C(=O)N2CC(C)C)c1. The number of carbonyl (C=O) groups excluding carboxylic acids is 1. The lowest BCUT2D eigenvalue weighted by Crippen LogP contribution is -2.36. The number of amides is 1. The smallest absolute Gasteiger partial charge is 0.241 e. The first-order valence-corrected chi connectivity index (χ1v) is 7.64. The first-order chi connectivity index (χ1) is 9.93. The number of nitrogens with zero attached hydrogens (tertiary/aromatic N) is 1. The number of methoxy groups -OCH3 is 1. The molecule has 0 radical (unpaired) electrons. The van der Waals surface area contributed by atoms with E-state index < -0.39 is 0 Å². The van der Waals surface area contributed by atoms with Gasteiger partial charge in [0.25, 0.3) is 0 Å². The van der Waals surface area contributed by atoms with E-state index in [9.17, 15) is 4.79 Å². The molecule has 1 fully saturated rings. The van der Waals surface area contributed by atoms with Crippen LogP contribution in [0.1, 0.15) is 39.4 Å². The van der Waals surface area contributed by atoms with Crippen molar-refractivity contribution in [2.45, 2.75) is 39.9 Å². The molecule has 1 amide bonds. The van der Waals surface area contributed by atoms with Crippen molar-refractivity contribution in [1.82, 2.24) is 10.2 Å². The average Bonchev–Trinajstić information content (AvgIpc) is 2.76. The lowest BCUT2D eigenvalue weighted by Gasteiger charge is -2.26. The molecule has 0 spiro atoms. The van der Waals surface area contributed by atoms with Crippen LogP contribution in [0.5, 0.6) is 5.75 Å². The van der Waals surface area contributed by atoms with Crippen LogP contribution in [0.3, 0.4) is 0 Å². The van der Waals surface area contributed by atoms with Crippen molar-refractivity contribution >= 4 is 5.91 Å². The largest absolute Gasteiger partial charge is 0.497 e. The van der Waals surface area contributed by atoms with Crippen molar-refractivity contribution < 1.29 is 9.53 Å². The van der Waals surface area contributed by atoms with Crippen molar-refractivity contribution in [1.29, 1.82) is 0 Å². The highest BCUT2D eigenvalue weighted by atomic mass is 16.5. The molecule has 1 aliphatic rings. The molecule has 0 bridgehead atoms. The topological polar surface area (TPSA) is 41.6 Å². The summed E-state index contributed by atoms with van der Waals surface area (Å²) in [7, 11) is 1.66. The third-order valence-corrected chi connectivity index (χ3v) is 3.84. The predicted octanol–water partition coefficient (Wildman–Crippen LogP) is 2.81. The molecule has 2 atom stereocenters. The van der Waals surface area contributed by atoms with Crippen LogP contribution in [-0.4, -0.2) is 30.5 Å². The quantitative estimate of drug-likeness (QED) is 0.906. The van der Waals surface area contributed by atoms with Gasteiger partial charge in [0.05, 0.1) is 13.2 Å². The van der Waals surface area contributed by atoms with Gasteiger partial charge < -0.3 is 9.64 Å². The Labute approximate surface area is 127 Å². The Morgan fingerprint density at radius 1 is 1.29 bits per heavy atom. The third-order valence-electron chi connectivity index (χ3n) is 3.84. The highest BCUT2D eigenvalue weighted by molar-refractivity contribution is 5.84. The second-order valence-corrected chi connectivity index (χ2v) is 6.45. The molecule has 1 aromatic carbocycles. The highest BCUT2D eigenvalue weighted by Crippen LogP contribution is 2.30. The maximum absolute atomic E-state index is 12.7. The Kier molecular flexibility index (Phi) is 4.88. The van der Waals surface area contributed by atoms with Crippen molar-refractivity contribution in [3.05, 3.63) is 29.8 Å². The van der Waals surface area contributed by atoms with E-state index >= 15 is 0 Å².